The Kier molecular flexibility index (Phi) is 4.61. The van der Waals surface area contributed by atoms with Gasteiger partial charge in [0.25, 0.3) is 0 Å². The molecule has 2 fully saturated rings. The zero-order chi connectivity index (χ0) is 15.4. The number of rotatable bonds is 5. The smallest absolute Gasteiger partial charge is 0.222 e. The highest BCUT2D eigenvalue weighted by Crippen LogP contribution is 2.19. The van der Waals surface area contributed by atoms with Crippen molar-refractivity contribution in [1.29, 1.82) is 0 Å². The number of amides is 1. The topological polar surface area (TPSA) is 56.7 Å². The highest BCUT2D eigenvalue weighted by atomic mass is 16.2. The van der Waals surface area contributed by atoms with Gasteiger partial charge in [-0.1, -0.05) is 24.3 Å². The number of nitrogens with one attached hydrogen (secondary N) is 2. The summed E-state index contributed by atoms with van der Waals surface area (Å²) in [5.74, 6) is 1.13. The summed E-state index contributed by atoms with van der Waals surface area (Å²) in [6.45, 7) is 2.32. The molecule has 2 N–H and O–H groups in total. The minimum absolute atomic E-state index is 0.272. The molecule has 1 saturated heterocycles. The fourth-order valence-electron chi connectivity index (χ4n) is 2.76. The van der Waals surface area contributed by atoms with Gasteiger partial charge in [0, 0.05) is 39.1 Å². The van der Waals surface area contributed by atoms with Gasteiger partial charge in [-0.05, 0) is 30.4 Å². The monoisotopic (exact) mass is 300 g/mol. The van der Waals surface area contributed by atoms with E-state index in [1.54, 1.807) is 7.05 Å². The summed E-state index contributed by atoms with van der Waals surface area (Å²) in [5, 5.41) is 6.75. The summed E-state index contributed by atoms with van der Waals surface area (Å²) in [5.41, 5.74) is 2.44. The molecule has 5 heteroatoms. The van der Waals surface area contributed by atoms with Gasteiger partial charge < -0.3 is 15.5 Å². The molecule has 0 aromatic heterocycles. The number of guanidine groups is 1. The lowest BCUT2D eigenvalue weighted by atomic mass is 10.1. The van der Waals surface area contributed by atoms with Crippen molar-refractivity contribution in [1.82, 2.24) is 15.5 Å². The van der Waals surface area contributed by atoms with Crippen LogP contribution in [0.1, 0.15) is 36.8 Å². The molecule has 22 heavy (non-hydrogen) atoms. The minimum Gasteiger partial charge on any atom is -0.354 e. The number of hydrogen-bond acceptors (Lipinski definition) is 2. The van der Waals surface area contributed by atoms with Crippen LogP contribution in [0.4, 0.5) is 0 Å². The molecule has 1 aromatic rings. The van der Waals surface area contributed by atoms with Crippen LogP contribution >= 0.6 is 0 Å². The molecule has 5 nitrogen and oxygen atoms in total. The molecule has 1 saturated carbocycles. The third-order valence-corrected chi connectivity index (χ3v) is 4.24. The molecule has 1 aliphatic heterocycles. The average molecular weight is 300 g/mol. The maximum atomic E-state index is 11.8. The first-order valence-corrected chi connectivity index (χ1v) is 8.08. The number of carbonyl (C=O) groups excluding carboxylic acids is 1. The molecule has 118 valence electrons. The van der Waals surface area contributed by atoms with Crippen molar-refractivity contribution in [2.75, 3.05) is 13.6 Å². The third kappa shape index (κ3) is 3.78. The van der Waals surface area contributed by atoms with E-state index >= 15 is 0 Å². The van der Waals surface area contributed by atoms with Crippen LogP contribution in [-0.4, -0.2) is 36.4 Å². The lowest BCUT2D eigenvalue weighted by Gasteiger charge is -2.19. The van der Waals surface area contributed by atoms with E-state index in [9.17, 15) is 4.79 Å². The highest BCUT2D eigenvalue weighted by molar-refractivity contribution is 5.80. The number of aliphatic imine (C=N–C) groups is 1. The average Bonchev–Trinajstić information content (AvgIpc) is 3.27. The summed E-state index contributed by atoms with van der Waals surface area (Å²) >= 11 is 0. The largest absolute Gasteiger partial charge is 0.354 e. The maximum absolute atomic E-state index is 11.8. The molecule has 1 aliphatic carbocycles. The number of likely N-dealkylation sites (tertiary alicyclic amines) is 1. The molecule has 0 radical (unpaired) electrons. The highest BCUT2D eigenvalue weighted by Gasteiger charge is 2.23. The Balaban J connectivity index is 1.61. The Morgan fingerprint density at radius 1 is 1.32 bits per heavy atom. The molecule has 1 heterocycles. The van der Waals surface area contributed by atoms with Crippen molar-refractivity contribution in [2.45, 2.75) is 44.8 Å². The number of carbonyl (C=O) groups is 1. The van der Waals surface area contributed by atoms with E-state index in [2.05, 4.69) is 27.8 Å². The van der Waals surface area contributed by atoms with Crippen LogP contribution in [0.2, 0.25) is 0 Å². The van der Waals surface area contributed by atoms with Crippen LogP contribution in [0.5, 0.6) is 0 Å². The van der Waals surface area contributed by atoms with Gasteiger partial charge in [-0.2, -0.15) is 0 Å². The van der Waals surface area contributed by atoms with E-state index in [0.717, 1.165) is 25.5 Å². The lowest BCUT2D eigenvalue weighted by Crippen LogP contribution is -2.38. The van der Waals surface area contributed by atoms with Gasteiger partial charge in [0.15, 0.2) is 5.96 Å². The molecular formula is C17H24N4O. The van der Waals surface area contributed by atoms with Crippen LogP contribution in [0.3, 0.4) is 0 Å². The second kappa shape index (κ2) is 6.81. The van der Waals surface area contributed by atoms with Crippen LogP contribution < -0.4 is 10.6 Å². The third-order valence-electron chi connectivity index (χ3n) is 4.24. The van der Waals surface area contributed by atoms with Crippen LogP contribution in [0.25, 0.3) is 0 Å². The normalized spacial score (nSPS) is 18.7. The molecular weight excluding hydrogens is 276 g/mol. The van der Waals surface area contributed by atoms with E-state index in [4.69, 9.17) is 0 Å². The molecule has 0 atom stereocenters. The van der Waals surface area contributed by atoms with E-state index in [0.29, 0.717) is 19.0 Å². The second-order valence-electron chi connectivity index (χ2n) is 6.03. The molecule has 1 aromatic carbocycles. The van der Waals surface area contributed by atoms with Crippen molar-refractivity contribution in [3.8, 4) is 0 Å². The first-order valence-electron chi connectivity index (χ1n) is 8.08. The molecule has 0 unspecified atom stereocenters. The second-order valence-corrected chi connectivity index (χ2v) is 6.03. The predicted octanol–water partition coefficient (Wildman–Crippen LogP) is 1.64. The SMILES string of the molecule is CN=C(NCc1ccccc1CN1CCCC1=O)NC1CC1. The zero-order valence-corrected chi connectivity index (χ0v) is 13.1. The Bertz CT molecular complexity index is 566. The van der Waals surface area contributed by atoms with Crippen molar-refractivity contribution >= 4 is 11.9 Å². The Labute approximate surface area is 131 Å². The number of hydrogen-bond donors (Lipinski definition) is 2. The van der Waals surface area contributed by atoms with Gasteiger partial charge in [0.05, 0.1) is 0 Å². The minimum atomic E-state index is 0.272. The molecule has 3 rings (SSSR count). The maximum Gasteiger partial charge on any atom is 0.222 e. The fraction of sp³-hybridized carbons (Fsp3) is 0.529. The first-order chi connectivity index (χ1) is 10.8. The van der Waals surface area contributed by atoms with Gasteiger partial charge in [-0.3, -0.25) is 9.79 Å². The lowest BCUT2D eigenvalue weighted by molar-refractivity contribution is -0.128. The van der Waals surface area contributed by atoms with Gasteiger partial charge in [-0.25, -0.2) is 0 Å². The molecule has 2 aliphatic rings. The van der Waals surface area contributed by atoms with Crippen LogP contribution in [-0.2, 0) is 17.9 Å². The van der Waals surface area contributed by atoms with E-state index in [1.807, 2.05) is 17.0 Å². The quantitative estimate of drug-likeness (QED) is 0.642. The van der Waals surface area contributed by atoms with Gasteiger partial charge in [0.1, 0.15) is 0 Å². The summed E-state index contributed by atoms with van der Waals surface area (Å²) in [6.07, 6.45) is 4.14. The first kappa shape index (κ1) is 14.9. The Hall–Kier alpha value is -2.04. The summed E-state index contributed by atoms with van der Waals surface area (Å²) in [7, 11) is 1.80. The predicted molar refractivity (Wildman–Crippen MR) is 87.4 cm³/mol. The molecule has 0 spiro atoms. The Morgan fingerprint density at radius 3 is 2.73 bits per heavy atom. The Morgan fingerprint density at radius 2 is 2.09 bits per heavy atom. The van der Waals surface area contributed by atoms with Crippen molar-refractivity contribution in [2.24, 2.45) is 4.99 Å². The standard InChI is InChI=1S/C17H24N4O/c1-18-17(20-15-8-9-15)19-11-13-5-2-3-6-14(13)12-21-10-4-7-16(21)22/h2-3,5-6,15H,4,7-12H2,1H3,(H2,18,19,20). The number of nitrogens with zero attached hydrogens (tertiary/aromatic N) is 2. The van der Waals surface area contributed by atoms with Crippen LogP contribution in [0, 0.1) is 0 Å². The van der Waals surface area contributed by atoms with Crippen LogP contribution in [0.15, 0.2) is 29.3 Å². The summed E-state index contributed by atoms with van der Waals surface area (Å²) in [4.78, 5) is 18.0. The summed E-state index contributed by atoms with van der Waals surface area (Å²) < 4.78 is 0. The van der Waals surface area contributed by atoms with Crippen molar-refractivity contribution in [3.63, 3.8) is 0 Å². The zero-order valence-electron chi connectivity index (χ0n) is 13.1. The van der Waals surface area contributed by atoms with Gasteiger partial charge >= 0.3 is 0 Å². The van der Waals surface area contributed by atoms with E-state index in [-0.39, 0.29) is 5.91 Å². The van der Waals surface area contributed by atoms with E-state index in [1.165, 1.54) is 24.0 Å². The summed E-state index contributed by atoms with van der Waals surface area (Å²) in [6, 6.07) is 8.90. The molecule has 0 bridgehead atoms. The van der Waals surface area contributed by atoms with Crippen molar-refractivity contribution in [3.05, 3.63) is 35.4 Å². The van der Waals surface area contributed by atoms with Crippen molar-refractivity contribution < 1.29 is 4.79 Å². The van der Waals surface area contributed by atoms with E-state index < -0.39 is 0 Å². The fourth-order valence-corrected chi connectivity index (χ4v) is 2.76. The van der Waals surface area contributed by atoms with Gasteiger partial charge in [0.2, 0.25) is 5.91 Å². The molecule has 1 amide bonds. The van der Waals surface area contributed by atoms with Gasteiger partial charge in [-0.15, -0.1) is 0 Å². The number of benzene rings is 1.